The molecule has 0 unspecified atom stereocenters. The van der Waals surface area contributed by atoms with Crippen molar-refractivity contribution in [3.05, 3.63) is 76.2 Å². The Morgan fingerprint density at radius 3 is 2.93 bits per heavy atom. The number of nitrogens with one attached hydrogen (secondary N) is 1. The molecule has 0 atom stereocenters. The first kappa shape index (κ1) is 17.4. The van der Waals surface area contributed by atoms with Gasteiger partial charge in [-0.2, -0.15) is 5.10 Å². The van der Waals surface area contributed by atoms with E-state index in [0.717, 1.165) is 42.0 Å². The monoisotopic (exact) mass is 362 g/mol. The largest absolute Gasteiger partial charge is 0.306 e. The maximum atomic E-state index is 12.6. The average Bonchev–Trinajstić information content (AvgIpc) is 3.02. The van der Waals surface area contributed by atoms with Crippen LogP contribution in [0.3, 0.4) is 0 Å². The van der Waals surface area contributed by atoms with E-state index in [9.17, 15) is 4.79 Å². The molecule has 1 aliphatic heterocycles. The summed E-state index contributed by atoms with van der Waals surface area (Å²) in [5, 5.41) is 4.51. The van der Waals surface area contributed by atoms with E-state index in [1.54, 1.807) is 12.4 Å². The molecule has 4 rings (SSSR count). The van der Waals surface area contributed by atoms with E-state index in [1.165, 1.54) is 5.56 Å². The lowest BCUT2D eigenvalue weighted by Crippen LogP contribution is -2.35. The van der Waals surface area contributed by atoms with Gasteiger partial charge >= 0.3 is 0 Å². The summed E-state index contributed by atoms with van der Waals surface area (Å²) in [4.78, 5) is 26.5. The molecule has 7 heteroatoms. The SMILES string of the molecule is C=CCn1cc(CN2CCc3nc(-c4ccncc4)[nH]c(=O)c3C2)c(C)n1. The number of allylic oxidation sites excluding steroid dienone is 1. The first-order valence-corrected chi connectivity index (χ1v) is 9.02. The standard InChI is InChI=1S/C20H22N6O/c1-3-9-26-12-16(14(2)24-26)11-25-10-6-18-17(13-25)20(27)23-19(22-18)15-4-7-21-8-5-15/h3-5,7-8,12H,1,6,9-11,13H2,2H3,(H,22,23,27). The van der Waals surface area contributed by atoms with Crippen molar-refractivity contribution in [3.63, 3.8) is 0 Å². The highest BCUT2D eigenvalue weighted by molar-refractivity contribution is 5.54. The van der Waals surface area contributed by atoms with Gasteiger partial charge in [-0.15, -0.1) is 6.58 Å². The van der Waals surface area contributed by atoms with Crippen LogP contribution >= 0.6 is 0 Å². The van der Waals surface area contributed by atoms with Crippen molar-refractivity contribution in [2.45, 2.75) is 33.0 Å². The Bertz CT molecular complexity index is 1020. The first-order valence-electron chi connectivity index (χ1n) is 9.02. The summed E-state index contributed by atoms with van der Waals surface area (Å²) < 4.78 is 1.89. The lowest BCUT2D eigenvalue weighted by molar-refractivity contribution is 0.241. The summed E-state index contributed by atoms with van der Waals surface area (Å²) in [6.07, 6.45) is 8.05. The molecule has 27 heavy (non-hydrogen) atoms. The smallest absolute Gasteiger partial charge is 0.255 e. The molecule has 138 valence electrons. The van der Waals surface area contributed by atoms with Crippen molar-refractivity contribution in [1.82, 2.24) is 29.6 Å². The van der Waals surface area contributed by atoms with Crippen LogP contribution in [0.2, 0.25) is 0 Å². The second-order valence-electron chi connectivity index (χ2n) is 6.79. The van der Waals surface area contributed by atoms with Gasteiger partial charge in [0.15, 0.2) is 0 Å². The Labute approximate surface area is 157 Å². The number of H-pyrrole nitrogens is 1. The van der Waals surface area contributed by atoms with Crippen molar-refractivity contribution in [2.75, 3.05) is 6.54 Å². The predicted molar refractivity (Wildman–Crippen MR) is 103 cm³/mol. The van der Waals surface area contributed by atoms with Crippen LogP contribution in [-0.2, 0) is 26.1 Å². The van der Waals surface area contributed by atoms with Crippen LogP contribution in [0.5, 0.6) is 0 Å². The van der Waals surface area contributed by atoms with Crippen molar-refractivity contribution in [3.8, 4) is 11.4 Å². The minimum atomic E-state index is -0.0596. The van der Waals surface area contributed by atoms with Gasteiger partial charge in [0.1, 0.15) is 5.82 Å². The van der Waals surface area contributed by atoms with Crippen molar-refractivity contribution in [1.29, 1.82) is 0 Å². The zero-order valence-electron chi connectivity index (χ0n) is 15.4. The third kappa shape index (κ3) is 3.59. The predicted octanol–water partition coefficient (Wildman–Crippen LogP) is 2.08. The Morgan fingerprint density at radius 2 is 2.15 bits per heavy atom. The molecule has 7 nitrogen and oxygen atoms in total. The fourth-order valence-electron chi connectivity index (χ4n) is 3.44. The second-order valence-corrected chi connectivity index (χ2v) is 6.79. The van der Waals surface area contributed by atoms with E-state index in [4.69, 9.17) is 4.98 Å². The van der Waals surface area contributed by atoms with Gasteiger partial charge in [-0.1, -0.05) is 6.08 Å². The van der Waals surface area contributed by atoms with Crippen LogP contribution in [0.4, 0.5) is 0 Å². The summed E-state index contributed by atoms with van der Waals surface area (Å²) in [5.41, 5.74) is 4.66. The molecule has 3 aromatic heterocycles. The molecule has 0 amide bonds. The van der Waals surface area contributed by atoms with Gasteiger partial charge < -0.3 is 4.98 Å². The molecule has 3 aromatic rings. The molecule has 1 N–H and O–H groups in total. The molecule has 0 saturated heterocycles. The summed E-state index contributed by atoms with van der Waals surface area (Å²) in [6.45, 7) is 8.71. The van der Waals surface area contributed by atoms with Gasteiger partial charge in [0, 0.05) is 55.8 Å². The lowest BCUT2D eigenvalue weighted by Gasteiger charge is -2.27. The van der Waals surface area contributed by atoms with E-state index in [2.05, 4.69) is 32.7 Å². The van der Waals surface area contributed by atoms with Crippen molar-refractivity contribution >= 4 is 0 Å². The highest BCUT2D eigenvalue weighted by atomic mass is 16.1. The number of aryl methyl sites for hydroxylation is 1. The number of fused-ring (bicyclic) bond motifs is 1. The Morgan fingerprint density at radius 1 is 1.33 bits per heavy atom. The van der Waals surface area contributed by atoms with Crippen LogP contribution in [0.25, 0.3) is 11.4 Å². The number of nitrogens with zero attached hydrogens (tertiary/aromatic N) is 5. The molecular weight excluding hydrogens is 340 g/mol. The van der Waals surface area contributed by atoms with Crippen LogP contribution < -0.4 is 5.56 Å². The molecule has 1 aliphatic rings. The van der Waals surface area contributed by atoms with E-state index >= 15 is 0 Å². The summed E-state index contributed by atoms with van der Waals surface area (Å²) in [5.74, 6) is 0.608. The number of hydrogen-bond acceptors (Lipinski definition) is 5. The number of hydrogen-bond donors (Lipinski definition) is 1. The molecule has 0 bridgehead atoms. The fourth-order valence-corrected chi connectivity index (χ4v) is 3.44. The molecule has 0 aromatic carbocycles. The van der Waals surface area contributed by atoms with Crippen LogP contribution in [0.15, 0.2) is 48.2 Å². The quantitative estimate of drug-likeness (QED) is 0.703. The number of aromatic nitrogens is 5. The zero-order valence-corrected chi connectivity index (χ0v) is 15.4. The van der Waals surface area contributed by atoms with E-state index in [0.29, 0.717) is 18.9 Å². The van der Waals surface area contributed by atoms with Crippen molar-refractivity contribution < 1.29 is 0 Å². The van der Waals surface area contributed by atoms with Gasteiger partial charge in [-0.25, -0.2) is 4.98 Å². The lowest BCUT2D eigenvalue weighted by atomic mass is 10.1. The molecule has 0 fully saturated rings. The Balaban J connectivity index is 1.55. The summed E-state index contributed by atoms with van der Waals surface area (Å²) in [7, 11) is 0. The third-order valence-corrected chi connectivity index (χ3v) is 4.86. The second kappa shape index (κ2) is 7.28. The van der Waals surface area contributed by atoms with Gasteiger partial charge in [0.2, 0.25) is 0 Å². The maximum Gasteiger partial charge on any atom is 0.255 e. The minimum absolute atomic E-state index is 0.0596. The Hall–Kier alpha value is -3.06. The summed E-state index contributed by atoms with van der Waals surface area (Å²) in [6, 6.07) is 3.70. The summed E-state index contributed by atoms with van der Waals surface area (Å²) >= 11 is 0. The molecule has 0 radical (unpaired) electrons. The molecule has 4 heterocycles. The van der Waals surface area contributed by atoms with E-state index in [-0.39, 0.29) is 5.56 Å². The van der Waals surface area contributed by atoms with Gasteiger partial charge in [0.25, 0.3) is 5.56 Å². The number of rotatable bonds is 5. The minimum Gasteiger partial charge on any atom is -0.306 e. The third-order valence-electron chi connectivity index (χ3n) is 4.86. The topological polar surface area (TPSA) is 79.7 Å². The van der Waals surface area contributed by atoms with Gasteiger partial charge in [0.05, 0.1) is 23.5 Å². The molecule has 0 aliphatic carbocycles. The van der Waals surface area contributed by atoms with E-state index in [1.807, 2.05) is 29.8 Å². The van der Waals surface area contributed by atoms with Crippen LogP contribution in [0.1, 0.15) is 22.5 Å². The zero-order chi connectivity index (χ0) is 18.8. The van der Waals surface area contributed by atoms with Crippen molar-refractivity contribution in [2.24, 2.45) is 0 Å². The highest BCUT2D eigenvalue weighted by Crippen LogP contribution is 2.20. The fraction of sp³-hybridized carbons (Fsp3) is 0.300. The highest BCUT2D eigenvalue weighted by Gasteiger charge is 2.22. The Kier molecular flexibility index (Phi) is 4.68. The molecule has 0 saturated carbocycles. The van der Waals surface area contributed by atoms with E-state index < -0.39 is 0 Å². The first-order chi connectivity index (χ1) is 13.1. The average molecular weight is 362 g/mol. The van der Waals surface area contributed by atoms with Gasteiger partial charge in [-0.05, 0) is 19.1 Å². The number of pyridine rings is 1. The normalized spacial score (nSPS) is 14.1. The molecular formula is C20H22N6O. The van der Waals surface area contributed by atoms with Crippen LogP contribution in [-0.4, -0.2) is 36.2 Å². The maximum absolute atomic E-state index is 12.6. The molecule has 0 spiro atoms. The van der Waals surface area contributed by atoms with Gasteiger partial charge in [-0.3, -0.25) is 19.4 Å². The number of aromatic amines is 1. The van der Waals surface area contributed by atoms with Crippen LogP contribution in [0, 0.1) is 6.92 Å².